The van der Waals surface area contributed by atoms with Gasteiger partial charge in [0.15, 0.2) is 4.90 Å². The monoisotopic (exact) mass is 666 g/mol. The van der Waals surface area contributed by atoms with Crippen molar-refractivity contribution in [2.75, 3.05) is 42.6 Å². The van der Waals surface area contributed by atoms with Crippen LogP contribution in [0.15, 0.2) is 29.3 Å². The molecule has 43 heavy (non-hydrogen) atoms. The van der Waals surface area contributed by atoms with Gasteiger partial charge >= 0.3 is 18.8 Å². The fourth-order valence-electron chi connectivity index (χ4n) is 3.84. The van der Waals surface area contributed by atoms with Gasteiger partial charge in [-0.25, -0.2) is 22.6 Å². The number of nitrogens with zero attached hydrogens (tertiary/aromatic N) is 4. The number of halogens is 5. The second-order valence-corrected chi connectivity index (χ2v) is 12.8. The summed E-state index contributed by atoms with van der Waals surface area (Å²) in [5, 5.41) is 22.1. The highest BCUT2D eigenvalue weighted by Gasteiger charge is 2.54. The van der Waals surface area contributed by atoms with Crippen LogP contribution in [0.5, 0.6) is 11.6 Å². The first-order valence-electron chi connectivity index (χ1n) is 12.0. The topological polar surface area (TPSA) is 193 Å². The van der Waals surface area contributed by atoms with Crippen LogP contribution >= 0.6 is 0 Å². The molecular weight excluding hydrogens is 639 g/mol. The second kappa shape index (κ2) is 12.3. The summed E-state index contributed by atoms with van der Waals surface area (Å²) in [7, 11) is -7.98. The van der Waals surface area contributed by atoms with Crippen molar-refractivity contribution >= 4 is 37.7 Å². The van der Waals surface area contributed by atoms with E-state index < -0.39 is 99.1 Å². The van der Waals surface area contributed by atoms with E-state index in [0.29, 0.717) is 24.3 Å². The fourth-order valence-corrected chi connectivity index (χ4v) is 5.96. The fraction of sp³-hybridized carbons (Fsp3) is 0.524. The van der Waals surface area contributed by atoms with Crippen molar-refractivity contribution < 1.29 is 63.3 Å². The maximum absolute atomic E-state index is 13.9. The summed E-state index contributed by atoms with van der Waals surface area (Å²) in [6.45, 7) is -4.65. The molecule has 1 aromatic heterocycles. The Labute approximate surface area is 242 Å². The summed E-state index contributed by atoms with van der Waals surface area (Å²) in [5.74, 6) is -1.18. The first-order valence-corrected chi connectivity index (χ1v) is 14.9. The Morgan fingerprint density at radius 2 is 1.91 bits per heavy atom. The zero-order valence-electron chi connectivity index (χ0n) is 22.5. The third-order valence-electron chi connectivity index (χ3n) is 6.11. The number of rotatable bonds is 12. The summed E-state index contributed by atoms with van der Waals surface area (Å²) in [4.78, 5) is 11.0. The molecule has 4 N–H and O–H groups in total. The van der Waals surface area contributed by atoms with Crippen molar-refractivity contribution in [2.24, 2.45) is 0 Å². The maximum Gasteiger partial charge on any atom is 0.412 e. The SMILES string of the molecule is CNS(=O)(=O)NC[C@H]1CN(S(=O)(=O)c2cn(C(F)F)nc2OCCO)c2cc(N(C(=O)O)C(C)(C)C(F)(F)F)ccc2O1. The molecule has 1 aliphatic rings. The van der Waals surface area contributed by atoms with E-state index in [1.165, 1.54) is 0 Å². The number of benzene rings is 1. The highest BCUT2D eigenvalue weighted by Crippen LogP contribution is 2.44. The Morgan fingerprint density at radius 3 is 2.44 bits per heavy atom. The number of hydrogen-bond donors (Lipinski definition) is 4. The molecule has 0 unspecified atom stereocenters. The predicted molar refractivity (Wildman–Crippen MR) is 138 cm³/mol. The molecule has 15 nitrogen and oxygen atoms in total. The van der Waals surface area contributed by atoms with Gasteiger partial charge in [0.05, 0.1) is 37.3 Å². The first kappa shape index (κ1) is 34.0. The minimum absolute atomic E-state index is 0.0458. The molecule has 2 heterocycles. The van der Waals surface area contributed by atoms with Crippen LogP contribution in [-0.2, 0) is 20.2 Å². The molecule has 242 valence electrons. The standard InChI is InChI=1S/C21H27F5N6O9S2/c1-20(2,21(24,25)26)32(19(34)35)12-4-5-15-14(8-12)31(10-13(41-15)9-28-43(38,39)27-3)42(36,37)16-11-30(18(22)23)29-17(16)40-7-6-33/h4-5,8,11,13,18,27-28,33H,6-7,9-10H2,1-3H3,(H,34,35)/t13-/m0/s1. The Morgan fingerprint density at radius 1 is 1.26 bits per heavy atom. The van der Waals surface area contributed by atoms with Gasteiger partial charge in [-0.2, -0.15) is 35.1 Å². The van der Waals surface area contributed by atoms with Crippen LogP contribution in [0.4, 0.5) is 38.1 Å². The predicted octanol–water partition coefficient (Wildman–Crippen LogP) is 1.48. The largest absolute Gasteiger partial charge is 0.485 e. The number of amides is 1. The molecule has 0 aliphatic carbocycles. The van der Waals surface area contributed by atoms with E-state index in [0.717, 1.165) is 25.2 Å². The van der Waals surface area contributed by atoms with Gasteiger partial charge in [0.25, 0.3) is 26.1 Å². The number of sulfonamides is 1. The van der Waals surface area contributed by atoms with Gasteiger partial charge in [-0.1, -0.05) is 0 Å². The number of alkyl halides is 5. The van der Waals surface area contributed by atoms with Gasteiger partial charge in [-0.3, -0.25) is 9.21 Å². The number of ether oxygens (including phenoxy) is 2. The van der Waals surface area contributed by atoms with E-state index in [2.05, 4.69) is 9.82 Å². The zero-order chi connectivity index (χ0) is 32.5. The Bertz CT molecular complexity index is 1550. The highest BCUT2D eigenvalue weighted by atomic mass is 32.2. The quantitative estimate of drug-likeness (QED) is 0.241. The average molecular weight is 667 g/mol. The lowest BCUT2D eigenvalue weighted by atomic mass is 10.0. The summed E-state index contributed by atoms with van der Waals surface area (Å²) < 4.78 is 135. The number of aliphatic hydroxyl groups is 1. The van der Waals surface area contributed by atoms with Gasteiger partial charge < -0.3 is 19.7 Å². The number of anilines is 2. The van der Waals surface area contributed by atoms with Crippen molar-refractivity contribution in [3.63, 3.8) is 0 Å². The van der Waals surface area contributed by atoms with Crippen LogP contribution in [-0.4, -0.2) is 94.1 Å². The third kappa shape index (κ3) is 7.03. The van der Waals surface area contributed by atoms with Crippen molar-refractivity contribution in [2.45, 2.75) is 43.1 Å². The minimum Gasteiger partial charge on any atom is -0.485 e. The van der Waals surface area contributed by atoms with Crippen molar-refractivity contribution in [3.05, 3.63) is 24.4 Å². The number of nitrogens with one attached hydrogen (secondary N) is 2. The lowest BCUT2D eigenvalue weighted by molar-refractivity contribution is -0.175. The van der Waals surface area contributed by atoms with Gasteiger partial charge in [0.1, 0.15) is 24.0 Å². The van der Waals surface area contributed by atoms with Crippen molar-refractivity contribution in [3.8, 4) is 11.6 Å². The van der Waals surface area contributed by atoms with Crippen LogP contribution in [0.3, 0.4) is 0 Å². The van der Waals surface area contributed by atoms with E-state index in [1.54, 1.807) is 0 Å². The summed E-state index contributed by atoms with van der Waals surface area (Å²) in [6, 6.07) is 2.66. The van der Waals surface area contributed by atoms with Gasteiger partial charge in [-0.15, -0.1) is 5.10 Å². The first-order chi connectivity index (χ1) is 19.8. The molecule has 0 radical (unpaired) electrons. The van der Waals surface area contributed by atoms with Crippen LogP contribution in [0, 0.1) is 0 Å². The third-order valence-corrected chi connectivity index (χ3v) is 8.96. The highest BCUT2D eigenvalue weighted by molar-refractivity contribution is 7.93. The normalized spacial score (nSPS) is 16.1. The van der Waals surface area contributed by atoms with Crippen molar-refractivity contribution in [1.82, 2.24) is 19.2 Å². The molecule has 2 aromatic rings. The minimum atomic E-state index is -5.08. The molecule has 0 saturated carbocycles. The number of fused-ring (bicyclic) bond motifs is 1. The molecular formula is C21H27F5N6O9S2. The Balaban J connectivity index is 2.22. The smallest absolute Gasteiger partial charge is 0.412 e. The van der Waals surface area contributed by atoms with Gasteiger partial charge in [-0.05, 0) is 32.0 Å². The van der Waals surface area contributed by atoms with Crippen LogP contribution < -0.4 is 28.1 Å². The second-order valence-electron chi connectivity index (χ2n) is 9.29. The molecule has 0 spiro atoms. The lowest BCUT2D eigenvalue weighted by Gasteiger charge is -2.39. The van der Waals surface area contributed by atoms with Crippen molar-refractivity contribution in [1.29, 1.82) is 0 Å². The van der Waals surface area contributed by atoms with Gasteiger partial charge in [0, 0.05) is 7.05 Å². The molecule has 0 saturated heterocycles. The van der Waals surface area contributed by atoms with Crippen LogP contribution in [0.1, 0.15) is 20.4 Å². The number of hydrogen-bond acceptors (Lipinski definition) is 9. The van der Waals surface area contributed by atoms with Gasteiger partial charge in [0.2, 0.25) is 0 Å². The molecule has 1 aliphatic heterocycles. The van der Waals surface area contributed by atoms with E-state index >= 15 is 0 Å². The van der Waals surface area contributed by atoms with Crippen LogP contribution in [0.25, 0.3) is 0 Å². The van der Waals surface area contributed by atoms with Crippen LogP contribution in [0.2, 0.25) is 0 Å². The van der Waals surface area contributed by atoms with E-state index in [4.69, 9.17) is 14.6 Å². The molecule has 1 amide bonds. The molecule has 0 fully saturated rings. The maximum atomic E-state index is 13.9. The number of aliphatic hydroxyl groups excluding tert-OH is 1. The number of carboxylic acid groups (broad SMARTS) is 1. The summed E-state index contributed by atoms with van der Waals surface area (Å²) in [6.07, 6.45) is -7.99. The lowest BCUT2D eigenvalue weighted by Crippen LogP contribution is -2.57. The molecule has 1 atom stereocenters. The Hall–Kier alpha value is -3.47. The van der Waals surface area contributed by atoms with E-state index in [1.807, 2.05) is 4.72 Å². The summed E-state index contributed by atoms with van der Waals surface area (Å²) >= 11 is 0. The molecule has 3 rings (SSSR count). The summed E-state index contributed by atoms with van der Waals surface area (Å²) in [5.41, 5.74) is -4.15. The average Bonchev–Trinajstić information content (AvgIpc) is 3.35. The zero-order valence-corrected chi connectivity index (χ0v) is 24.2. The molecule has 0 bridgehead atoms. The van der Waals surface area contributed by atoms with E-state index in [-0.39, 0.29) is 15.3 Å². The molecule has 1 aromatic carbocycles. The Kier molecular flexibility index (Phi) is 9.70. The number of carbonyl (C=O) groups is 1. The number of aromatic nitrogens is 2. The molecule has 22 heteroatoms. The van der Waals surface area contributed by atoms with E-state index in [9.17, 15) is 48.7 Å².